The number of amides is 2. The van der Waals surface area contributed by atoms with Crippen LogP contribution in [0, 0.1) is 13.8 Å². The molecule has 0 unspecified atom stereocenters. The molecule has 7 nitrogen and oxygen atoms in total. The molecule has 2 amide bonds. The molecule has 2 fully saturated rings. The number of aromatic nitrogens is 2. The molecular formula is C30H36N6O. The number of aryl methyl sites for hydroxylation is 2. The first-order chi connectivity index (χ1) is 18.0. The van der Waals surface area contributed by atoms with Crippen molar-refractivity contribution in [2.24, 2.45) is 0 Å². The van der Waals surface area contributed by atoms with Gasteiger partial charge in [0.15, 0.2) is 0 Å². The van der Waals surface area contributed by atoms with Crippen LogP contribution < -0.4 is 14.7 Å². The largest absolute Gasteiger partial charge is 0.369 e. The minimum atomic E-state index is 0.0378. The fourth-order valence-corrected chi connectivity index (χ4v) is 5.75. The summed E-state index contributed by atoms with van der Waals surface area (Å²) in [6, 6.07) is 15.3. The molecule has 0 bridgehead atoms. The number of anilines is 3. The van der Waals surface area contributed by atoms with Crippen molar-refractivity contribution in [3.63, 3.8) is 0 Å². The Morgan fingerprint density at radius 2 is 1.65 bits per heavy atom. The highest BCUT2D eigenvalue weighted by molar-refractivity contribution is 6.06. The highest BCUT2D eigenvalue weighted by Gasteiger charge is 2.40. The fraction of sp³-hybridized carbons (Fsp3) is 0.433. The number of fused-ring (bicyclic) bond motifs is 1. The van der Waals surface area contributed by atoms with Gasteiger partial charge in [0.25, 0.3) is 0 Å². The van der Waals surface area contributed by atoms with E-state index in [4.69, 9.17) is 9.97 Å². The molecule has 3 aliphatic rings. The zero-order valence-electron chi connectivity index (χ0n) is 22.2. The summed E-state index contributed by atoms with van der Waals surface area (Å²) < 4.78 is 0. The summed E-state index contributed by atoms with van der Waals surface area (Å²) in [5.41, 5.74) is 6.71. The Kier molecular flexibility index (Phi) is 6.32. The molecule has 1 saturated heterocycles. The SMILES string of the molecule is Cc1cccc(C)c1N1Cc2cnc(Cc3ccc(N4CCN(C)CC4)cc3)nc2N(C2CCC2)C1=O. The van der Waals surface area contributed by atoms with Gasteiger partial charge in [-0.2, -0.15) is 0 Å². The first kappa shape index (κ1) is 23.9. The third kappa shape index (κ3) is 4.57. The van der Waals surface area contributed by atoms with E-state index in [2.05, 4.69) is 67.1 Å². The van der Waals surface area contributed by atoms with Crippen LogP contribution in [0.4, 0.5) is 22.0 Å². The molecule has 1 saturated carbocycles. The molecule has 6 rings (SSSR count). The first-order valence-corrected chi connectivity index (χ1v) is 13.5. The summed E-state index contributed by atoms with van der Waals surface area (Å²) in [5.74, 6) is 1.57. The van der Waals surface area contributed by atoms with E-state index >= 15 is 0 Å². The number of likely N-dealkylation sites (N-methyl/N-ethyl adjacent to an activating group) is 1. The summed E-state index contributed by atoms with van der Waals surface area (Å²) in [5, 5.41) is 0. The molecule has 3 heterocycles. The van der Waals surface area contributed by atoms with E-state index in [1.165, 1.54) is 11.3 Å². The molecule has 0 radical (unpaired) electrons. The molecule has 2 aromatic carbocycles. The summed E-state index contributed by atoms with van der Waals surface area (Å²) >= 11 is 0. The number of urea groups is 1. The van der Waals surface area contributed by atoms with Gasteiger partial charge in [0.1, 0.15) is 11.6 Å². The predicted molar refractivity (Wildman–Crippen MR) is 149 cm³/mol. The van der Waals surface area contributed by atoms with Gasteiger partial charge in [-0.1, -0.05) is 30.3 Å². The van der Waals surface area contributed by atoms with E-state index in [1.54, 1.807) is 0 Å². The lowest BCUT2D eigenvalue weighted by Gasteiger charge is -2.44. The van der Waals surface area contributed by atoms with Crippen molar-refractivity contribution < 1.29 is 4.79 Å². The van der Waals surface area contributed by atoms with Crippen LogP contribution >= 0.6 is 0 Å². The number of nitrogens with zero attached hydrogens (tertiary/aromatic N) is 6. The Bertz CT molecular complexity index is 1270. The van der Waals surface area contributed by atoms with Crippen molar-refractivity contribution in [2.45, 2.75) is 52.1 Å². The van der Waals surface area contributed by atoms with E-state index in [-0.39, 0.29) is 12.1 Å². The summed E-state index contributed by atoms with van der Waals surface area (Å²) in [6.07, 6.45) is 5.81. The average Bonchev–Trinajstić information content (AvgIpc) is 2.86. The second-order valence-corrected chi connectivity index (χ2v) is 10.8. The van der Waals surface area contributed by atoms with Crippen LogP contribution in [0.3, 0.4) is 0 Å². The number of piperazine rings is 1. The molecule has 37 heavy (non-hydrogen) atoms. The Hall–Kier alpha value is -3.45. The van der Waals surface area contributed by atoms with Crippen LogP contribution in [0.5, 0.6) is 0 Å². The normalized spacial score (nSPS) is 18.7. The number of hydrogen-bond donors (Lipinski definition) is 0. The second-order valence-electron chi connectivity index (χ2n) is 10.8. The lowest BCUT2D eigenvalue weighted by Crippen LogP contribution is -2.54. The maximum absolute atomic E-state index is 13.9. The van der Waals surface area contributed by atoms with Crippen LogP contribution in [0.25, 0.3) is 0 Å². The lowest BCUT2D eigenvalue weighted by molar-refractivity contribution is 0.242. The summed E-state index contributed by atoms with van der Waals surface area (Å²) in [6.45, 7) is 8.98. The standard InChI is InChI=1S/C30H36N6O/c1-21-6-4-7-22(2)28(21)35-20-24-19-31-27(32-29(24)36(30(35)37)26-8-5-9-26)18-23-10-12-25(13-11-23)34-16-14-33(3)15-17-34/h4,6-7,10-13,19,26H,5,8-9,14-18,20H2,1-3H3. The fourth-order valence-electron chi connectivity index (χ4n) is 5.75. The van der Waals surface area contributed by atoms with Gasteiger partial charge in [-0.05, 0) is 69.0 Å². The molecule has 2 aliphatic heterocycles. The maximum atomic E-state index is 13.9. The summed E-state index contributed by atoms with van der Waals surface area (Å²) in [4.78, 5) is 32.3. The quantitative estimate of drug-likeness (QED) is 0.501. The highest BCUT2D eigenvalue weighted by atomic mass is 16.2. The smallest absolute Gasteiger partial charge is 0.330 e. The van der Waals surface area contributed by atoms with Gasteiger partial charge in [0, 0.05) is 56.1 Å². The van der Waals surface area contributed by atoms with E-state index in [0.29, 0.717) is 13.0 Å². The van der Waals surface area contributed by atoms with Gasteiger partial charge >= 0.3 is 6.03 Å². The molecule has 1 aliphatic carbocycles. The van der Waals surface area contributed by atoms with Crippen LogP contribution in [0.1, 0.15) is 47.3 Å². The van der Waals surface area contributed by atoms with E-state index < -0.39 is 0 Å². The zero-order chi connectivity index (χ0) is 25.5. The topological polar surface area (TPSA) is 55.8 Å². The molecule has 3 aromatic rings. The van der Waals surface area contributed by atoms with Crippen molar-refractivity contribution in [2.75, 3.05) is 47.9 Å². The molecule has 0 spiro atoms. The molecule has 0 N–H and O–H groups in total. The van der Waals surface area contributed by atoms with Gasteiger partial charge in [0.2, 0.25) is 0 Å². The van der Waals surface area contributed by atoms with Gasteiger partial charge in [-0.15, -0.1) is 0 Å². The molecule has 7 heteroatoms. The number of carbonyl (C=O) groups excluding carboxylic acids is 1. The van der Waals surface area contributed by atoms with Gasteiger partial charge in [0.05, 0.1) is 12.2 Å². The predicted octanol–water partition coefficient (Wildman–Crippen LogP) is 4.94. The van der Waals surface area contributed by atoms with Crippen LogP contribution in [0.15, 0.2) is 48.7 Å². The monoisotopic (exact) mass is 496 g/mol. The van der Waals surface area contributed by atoms with E-state index in [9.17, 15) is 4.79 Å². The van der Waals surface area contributed by atoms with Crippen molar-refractivity contribution in [3.05, 3.63) is 76.7 Å². The number of rotatable bonds is 5. The van der Waals surface area contributed by atoms with Gasteiger partial charge in [-0.3, -0.25) is 9.80 Å². The Labute approximate surface area is 219 Å². The first-order valence-electron chi connectivity index (χ1n) is 13.5. The van der Waals surface area contributed by atoms with E-state index in [0.717, 1.165) is 79.5 Å². The van der Waals surface area contributed by atoms with Crippen molar-refractivity contribution >= 4 is 23.2 Å². The lowest BCUT2D eigenvalue weighted by atomic mass is 9.90. The number of carbonyl (C=O) groups is 1. The third-order valence-electron chi connectivity index (χ3n) is 8.20. The number of benzene rings is 2. The Morgan fingerprint density at radius 1 is 0.946 bits per heavy atom. The molecule has 1 aromatic heterocycles. The molecule has 192 valence electrons. The summed E-state index contributed by atoms with van der Waals surface area (Å²) in [7, 11) is 2.18. The third-order valence-corrected chi connectivity index (χ3v) is 8.20. The van der Waals surface area contributed by atoms with Crippen molar-refractivity contribution in [1.29, 1.82) is 0 Å². The van der Waals surface area contributed by atoms with Crippen LogP contribution in [0.2, 0.25) is 0 Å². The minimum absolute atomic E-state index is 0.0378. The average molecular weight is 497 g/mol. The Morgan fingerprint density at radius 3 is 2.30 bits per heavy atom. The maximum Gasteiger partial charge on any atom is 0.330 e. The number of para-hydroxylation sites is 1. The van der Waals surface area contributed by atoms with Gasteiger partial charge < -0.3 is 9.80 Å². The van der Waals surface area contributed by atoms with Crippen molar-refractivity contribution in [1.82, 2.24) is 14.9 Å². The van der Waals surface area contributed by atoms with Crippen molar-refractivity contribution in [3.8, 4) is 0 Å². The van der Waals surface area contributed by atoms with Crippen LogP contribution in [-0.4, -0.2) is 60.2 Å². The molecule has 0 atom stereocenters. The Balaban J connectivity index is 1.26. The molecular weight excluding hydrogens is 460 g/mol. The highest BCUT2D eigenvalue weighted by Crippen LogP contribution is 2.38. The number of hydrogen-bond acceptors (Lipinski definition) is 5. The van der Waals surface area contributed by atoms with E-state index in [1.807, 2.05) is 22.1 Å². The minimum Gasteiger partial charge on any atom is -0.369 e. The van der Waals surface area contributed by atoms with Gasteiger partial charge in [-0.25, -0.2) is 14.8 Å². The second kappa shape index (κ2) is 9.78. The zero-order valence-corrected chi connectivity index (χ0v) is 22.2. The van der Waals surface area contributed by atoms with Crippen LogP contribution in [-0.2, 0) is 13.0 Å².